The number of pyridine rings is 1. The lowest BCUT2D eigenvalue weighted by Gasteiger charge is -2.08. The van der Waals surface area contributed by atoms with Gasteiger partial charge in [0.2, 0.25) is 0 Å². The van der Waals surface area contributed by atoms with Crippen LogP contribution in [0.3, 0.4) is 0 Å². The maximum absolute atomic E-state index is 12.6. The zero-order valence-electron chi connectivity index (χ0n) is 8.87. The summed E-state index contributed by atoms with van der Waals surface area (Å²) in [5.74, 6) is -0.278. The van der Waals surface area contributed by atoms with Crippen LogP contribution in [0.5, 0.6) is 5.75 Å². The second-order valence-electron chi connectivity index (χ2n) is 2.97. The zero-order chi connectivity index (χ0) is 12.1. The van der Waals surface area contributed by atoms with E-state index in [0.717, 1.165) is 0 Å². The van der Waals surface area contributed by atoms with E-state index in [2.05, 4.69) is 9.72 Å². The van der Waals surface area contributed by atoms with Crippen LogP contribution < -0.4 is 4.74 Å². The molecule has 0 aromatic carbocycles. The van der Waals surface area contributed by atoms with Crippen molar-refractivity contribution in [1.29, 1.82) is 0 Å². The summed E-state index contributed by atoms with van der Waals surface area (Å²) < 4.78 is 34.4. The number of carbonyl (C=O) groups is 1. The Labute approximate surface area is 91.2 Å². The number of rotatable bonds is 4. The Morgan fingerprint density at radius 3 is 2.69 bits per heavy atom. The number of hydrogen-bond acceptors (Lipinski definition) is 4. The highest BCUT2D eigenvalue weighted by Gasteiger charge is 2.18. The van der Waals surface area contributed by atoms with E-state index in [0.29, 0.717) is 5.75 Å². The number of ether oxygens (including phenoxy) is 2. The second kappa shape index (κ2) is 5.39. The van der Waals surface area contributed by atoms with Crippen LogP contribution in [0.1, 0.15) is 17.7 Å². The molecule has 0 saturated carbocycles. The Morgan fingerprint density at radius 2 is 2.19 bits per heavy atom. The molecular formula is C10H11F2NO3. The van der Waals surface area contributed by atoms with Crippen molar-refractivity contribution in [3.05, 3.63) is 23.5 Å². The Kier molecular flexibility index (Phi) is 4.16. The first-order valence-electron chi connectivity index (χ1n) is 4.46. The first-order valence-corrected chi connectivity index (χ1v) is 4.46. The molecule has 0 saturated heterocycles. The Hall–Kier alpha value is -1.72. The number of carbonyl (C=O) groups excluding carboxylic acids is 1. The molecule has 1 rings (SSSR count). The number of nitrogens with zero attached hydrogens (tertiary/aromatic N) is 1. The summed E-state index contributed by atoms with van der Waals surface area (Å²) in [5, 5.41) is 0. The summed E-state index contributed by atoms with van der Waals surface area (Å²) in [5.41, 5.74) is -0.313. The molecule has 1 aromatic rings. The molecule has 6 heteroatoms. The van der Waals surface area contributed by atoms with E-state index < -0.39 is 18.1 Å². The van der Waals surface area contributed by atoms with Gasteiger partial charge in [-0.05, 0) is 11.6 Å². The fourth-order valence-electron chi connectivity index (χ4n) is 1.18. The van der Waals surface area contributed by atoms with E-state index >= 15 is 0 Å². The first kappa shape index (κ1) is 12.4. The normalized spacial score (nSPS) is 10.3. The number of hydrogen-bond donors (Lipinski definition) is 0. The SMILES string of the molecule is COC(=O)Cc1cc(OC)cnc1C(F)F. The van der Waals surface area contributed by atoms with Crippen molar-refractivity contribution in [1.82, 2.24) is 4.98 Å². The molecule has 0 atom stereocenters. The van der Waals surface area contributed by atoms with Gasteiger partial charge in [-0.15, -0.1) is 0 Å². The molecule has 16 heavy (non-hydrogen) atoms. The molecule has 0 fully saturated rings. The van der Waals surface area contributed by atoms with Gasteiger partial charge in [-0.1, -0.05) is 0 Å². The number of halogens is 2. The molecule has 0 N–H and O–H groups in total. The molecule has 0 unspecified atom stereocenters. The fraction of sp³-hybridized carbons (Fsp3) is 0.400. The highest BCUT2D eigenvalue weighted by Crippen LogP contribution is 2.24. The predicted octanol–water partition coefficient (Wildman–Crippen LogP) is 1.74. The van der Waals surface area contributed by atoms with Crippen LogP contribution in [0.4, 0.5) is 8.78 Å². The molecule has 0 radical (unpaired) electrons. The molecule has 4 nitrogen and oxygen atoms in total. The van der Waals surface area contributed by atoms with E-state index in [-0.39, 0.29) is 12.0 Å². The van der Waals surface area contributed by atoms with Crippen molar-refractivity contribution < 1.29 is 23.0 Å². The Bertz CT molecular complexity index is 382. The van der Waals surface area contributed by atoms with E-state index in [9.17, 15) is 13.6 Å². The average Bonchev–Trinajstić information content (AvgIpc) is 2.28. The summed E-state index contributed by atoms with van der Waals surface area (Å²) >= 11 is 0. The van der Waals surface area contributed by atoms with Crippen LogP contribution in [-0.4, -0.2) is 25.2 Å². The van der Waals surface area contributed by atoms with Gasteiger partial charge < -0.3 is 9.47 Å². The number of alkyl halides is 2. The van der Waals surface area contributed by atoms with Gasteiger partial charge >= 0.3 is 5.97 Å². The predicted molar refractivity (Wildman–Crippen MR) is 51.5 cm³/mol. The summed E-state index contributed by atoms with van der Waals surface area (Å²) in [7, 11) is 2.58. The maximum atomic E-state index is 12.6. The number of methoxy groups -OCH3 is 2. The van der Waals surface area contributed by atoms with Crippen LogP contribution in [-0.2, 0) is 16.0 Å². The first-order chi connectivity index (χ1) is 7.58. The molecule has 0 spiro atoms. The minimum Gasteiger partial charge on any atom is -0.495 e. The summed E-state index contributed by atoms with van der Waals surface area (Å²) in [6, 6.07) is 1.35. The number of esters is 1. The van der Waals surface area contributed by atoms with E-state index in [4.69, 9.17) is 4.74 Å². The van der Waals surface area contributed by atoms with Crippen LogP contribution in [0.2, 0.25) is 0 Å². The lowest BCUT2D eigenvalue weighted by molar-refractivity contribution is -0.139. The van der Waals surface area contributed by atoms with Gasteiger partial charge in [0.05, 0.1) is 26.8 Å². The van der Waals surface area contributed by atoms with Crippen LogP contribution in [0.25, 0.3) is 0 Å². The van der Waals surface area contributed by atoms with E-state index in [1.54, 1.807) is 0 Å². The minimum atomic E-state index is -2.73. The molecule has 0 aliphatic heterocycles. The van der Waals surface area contributed by atoms with Crippen molar-refractivity contribution in [2.24, 2.45) is 0 Å². The van der Waals surface area contributed by atoms with Crippen molar-refractivity contribution in [3.8, 4) is 5.75 Å². The zero-order valence-corrected chi connectivity index (χ0v) is 8.87. The summed E-state index contributed by atoms with van der Waals surface area (Å²) in [4.78, 5) is 14.6. The molecule has 88 valence electrons. The molecule has 1 aromatic heterocycles. The van der Waals surface area contributed by atoms with E-state index in [1.165, 1.54) is 26.5 Å². The number of aromatic nitrogens is 1. The van der Waals surface area contributed by atoms with Crippen molar-refractivity contribution in [2.45, 2.75) is 12.8 Å². The Balaban J connectivity index is 3.05. The maximum Gasteiger partial charge on any atom is 0.310 e. The van der Waals surface area contributed by atoms with E-state index in [1.807, 2.05) is 0 Å². The third-order valence-electron chi connectivity index (χ3n) is 1.98. The summed E-state index contributed by atoms with van der Waals surface area (Å²) in [6.45, 7) is 0. The van der Waals surface area contributed by atoms with Crippen LogP contribution >= 0.6 is 0 Å². The van der Waals surface area contributed by atoms with Crippen LogP contribution in [0, 0.1) is 0 Å². The van der Waals surface area contributed by atoms with Gasteiger partial charge in [0.25, 0.3) is 6.43 Å². The fourth-order valence-corrected chi connectivity index (χ4v) is 1.18. The molecule has 0 aliphatic carbocycles. The van der Waals surface area contributed by atoms with Crippen molar-refractivity contribution in [3.63, 3.8) is 0 Å². The quantitative estimate of drug-likeness (QED) is 0.740. The third-order valence-corrected chi connectivity index (χ3v) is 1.98. The van der Waals surface area contributed by atoms with Crippen molar-refractivity contribution in [2.75, 3.05) is 14.2 Å². The summed E-state index contributed by atoms with van der Waals surface area (Å²) in [6.07, 6.45) is -1.80. The molecule has 0 amide bonds. The molecular weight excluding hydrogens is 220 g/mol. The average molecular weight is 231 g/mol. The smallest absolute Gasteiger partial charge is 0.310 e. The van der Waals surface area contributed by atoms with Gasteiger partial charge in [-0.3, -0.25) is 9.78 Å². The van der Waals surface area contributed by atoms with Gasteiger partial charge in [-0.2, -0.15) is 0 Å². The van der Waals surface area contributed by atoms with Crippen molar-refractivity contribution >= 4 is 5.97 Å². The third kappa shape index (κ3) is 2.88. The monoisotopic (exact) mass is 231 g/mol. The highest BCUT2D eigenvalue weighted by atomic mass is 19.3. The minimum absolute atomic E-state index is 0.112. The second-order valence-corrected chi connectivity index (χ2v) is 2.97. The molecule has 0 bridgehead atoms. The lowest BCUT2D eigenvalue weighted by Crippen LogP contribution is -2.08. The Morgan fingerprint density at radius 1 is 1.50 bits per heavy atom. The van der Waals surface area contributed by atoms with Gasteiger partial charge in [0.1, 0.15) is 11.4 Å². The van der Waals surface area contributed by atoms with Crippen LogP contribution in [0.15, 0.2) is 12.3 Å². The van der Waals surface area contributed by atoms with Gasteiger partial charge in [-0.25, -0.2) is 8.78 Å². The highest BCUT2D eigenvalue weighted by molar-refractivity contribution is 5.72. The molecule has 0 aliphatic rings. The topological polar surface area (TPSA) is 48.4 Å². The lowest BCUT2D eigenvalue weighted by atomic mass is 10.1. The molecule has 1 heterocycles. The largest absolute Gasteiger partial charge is 0.495 e. The van der Waals surface area contributed by atoms with Gasteiger partial charge in [0, 0.05) is 0 Å². The standard InChI is InChI=1S/C10H11F2NO3/c1-15-7-3-6(4-8(14)16-2)9(10(11)12)13-5-7/h3,5,10H,4H2,1-2H3. The van der Waals surface area contributed by atoms with Gasteiger partial charge in [0.15, 0.2) is 0 Å².